The lowest BCUT2D eigenvalue weighted by molar-refractivity contribution is -0.116. The van der Waals surface area contributed by atoms with Crippen LogP contribution in [0, 0.1) is 6.92 Å². The van der Waals surface area contributed by atoms with Crippen LogP contribution < -0.4 is 10.6 Å². The SMILES string of the molecule is Cc1cccc(C(C)C)c1NC(=O)CCNCc1ccccn1. The van der Waals surface area contributed by atoms with Gasteiger partial charge < -0.3 is 10.6 Å². The minimum Gasteiger partial charge on any atom is -0.326 e. The number of pyridine rings is 1. The van der Waals surface area contributed by atoms with Gasteiger partial charge in [-0.05, 0) is 36.1 Å². The third kappa shape index (κ3) is 5.18. The minimum atomic E-state index is 0.0368. The molecule has 1 amide bonds. The van der Waals surface area contributed by atoms with Crippen LogP contribution in [0.5, 0.6) is 0 Å². The first-order valence-corrected chi connectivity index (χ1v) is 8.08. The van der Waals surface area contributed by atoms with Crippen LogP contribution in [0.3, 0.4) is 0 Å². The zero-order valence-electron chi connectivity index (χ0n) is 14.1. The molecule has 0 atom stereocenters. The second kappa shape index (κ2) is 8.44. The summed E-state index contributed by atoms with van der Waals surface area (Å²) in [5.74, 6) is 0.419. The normalized spacial score (nSPS) is 10.8. The van der Waals surface area contributed by atoms with Gasteiger partial charge in [0, 0.05) is 31.4 Å². The van der Waals surface area contributed by atoms with Gasteiger partial charge in [0.15, 0.2) is 0 Å². The molecular weight excluding hydrogens is 286 g/mol. The van der Waals surface area contributed by atoms with Gasteiger partial charge in [-0.25, -0.2) is 0 Å². The molecule has 0 aliphatic carbocycles. The van der Waals surface area contributed by atoms with Crippen molar-refractivity contribution in [2.45, 2.75) is 39.7 Å². The Morgan fingerprint density at radius 1 is 1.17 bits per heavy atom. The van der Waals surface area contributed by atoms with E-state index >= 15 is 0 Å². The van der Waals surface area contributed by atoms with Gasteiger partial charge in [-0.15, -0.1) is 0 Å². The van der Waals surface area contributed by atoms with E-state index in [1.807, 2.05) is 37.3 Å². The van der Waals surface area contributed by atoms with Crippen molar-refractivity contribution >= 4 is 11.6 Å². The first-order chi connectivity index (χ1) is 11.1. The largest absolute Gasteiger partial charge is 0.326 e. The summed E-state index contributed by atoms with van der Waals surface area (Å²) >= 11 is 0. The summed E-state index contributed by atoms with van der Waals surface area (Å²) in [4.78, 5) is 16.4. The molecule has 2 aromatic rings. The lowest BCUT2D eigenvalue weighted by Gasteiger charge is -2.16. The molecule has 0 unspecified atom stereocenters. The average molecular weight is 311 g/mol. The predicted molar refractivity (Wildman–Crippen MR) is 94.5 cm³/mol. The van der Waals surface area contributed by atoms with Gasteiger partial charge in [0.05, 0.1) is 5.69 Å². The van der Waals surface area contributed by atoms with Crippen LogP contribution in [-0.4, -0.2) is 17.4 Å². The Morgan fingerprint density at radius 3 is 2.70 bits per heavy atom. The van der Waals surface area contributed by atoms with Crippen LogP contribution in [0.4, 0.5) is 5.69 Å². The number of amides is 1. The van der Waals surface area contributed by atoms with Crippen molar-refractivity contribution in [3.8, 4) is 0 Å². The van der Waals surface area contributed by atoms with Crippen LogP contribution in [0.1, 0.15) is 43.0 Å². The number of carbonyl (C=O) groups excluding carboxylic acids is 1. The van der Waals surface area contributed by atoms with Crippen LogP contribution in [-0.2, 0) is 11.3 Å². The Kier molecular flexibility index (Phi) is 6.29. The van der Waals surface area contributed by atoms with Gasteiger partial charge in [0.25, 0.3) is 0 Å². The molecule has 4 nitrogen and oxygen atoms in total. The van der Waals surface area contributed by atoms with Crippen molar-refractivity contribution in [1.29, 1.82) is 0 Å². The van der Waals surface area contributed by atoms with Crippen molar-refractivity contribution in [2.24, 2.45) is 0 Å². The lowest BCUT2D eigenvalue weighted by atomic mass is 9.98. The molecule has 0 fully saturated rings. The van der Waals surface area contributed by atoms with Gasteiger partial charge in [0.2, 0.25) is 5.91 Å². The third-order valence-electron chi connectivity index (χ3n) is 3.75. The molecule has 0 saturated heterocycles. The topological polar surface area (TPSA) is 54.0 Å². The average Bonchev–Trinajstić information content (AvgIpc) is 2.54. The van der Waals surface area contributed by atoms with Gasteiger partial charge >= 0.3 is 0 Å². The fourth-order valence-electron chi connectivity index (χ4n) is 2.47. The van der Waals surface area contributed by atoms with Crippen LogP contribution in [0.25, 0.3) is 0 Å². The van der Waals surface area contributed by atoms with Gasteiger partial charge in [-0.1, -0.05) is 38.1 Å². The number of carbonyl (C=O) groups is 1. The van der Waals surface area contributed by atoms with E-state index < -0.39 is 0 Å². The van der Waals surface area contributed by atoms with E-state index in [0.29, 0.717) is 25.4 Å². The molecule has 0 saturated carbocycles. The van der Waals surface area contributed by atoms with Gasteiger partial charge in [-0.3, -0.25) is 9.78 Å². The van der Waals surface area contributed by atoms with Crippen molar-refractivity contribution < 1.29 is 4.79 Å². The van der Waals surface area contributed by atoms with E-state index in [0.717, 1.165) is 16.9 Å². The minimum absolute atomic E-state index is 0.0368. The Hall–Kier alpha value is -2.20. The van der Waals surface area contributed by atoms with E-state index in [2.05, 4.69) is 35.5 Å². The Labute approximate surface area is 138 Å². The Bertz CT molecular complexity index is 638. The molecule has 0 spiro atoms. The quantitative estimate of drug-likeness (QED) is 0.768. The maximum atomic E-state index is 12.2. The molecule has 1 aromatic carbocycles. The summed E-state index contributed by atoms with van der Waals surface area (Å²) in [6, 6.07) is 12.0. The molecule has 0 aliphatic rings. The maximum absolute atomic E-state index is 12.2. The summed E-state index contributed by atoms with van der Waals surface area (Å²) in [7, 11) is 0. The number of benzene rings is 1. The number of hydrogen-bond acceptors (Lipinski definition) is 3. The molecule has 1 heterocycles. The van der Waals surface area contributed by atoms with E-state index in [1.165, 1.54) is 5.56 Å². The van der Waals surface area contributed by atoms with Crippen LogP contribution in [0.2, 0.25) is 0 Å². The fraction of sp³-hybridized carbons (Fsp3) is 0.368. The highest BCUT2D eigenvalue weighted by atomic mass is 16.1. The lowest BCUT2D eigenvalue weighted by Crippen LogP contribution is -2.22. The number of aryl methyl sites for hydroxylation is 1. The van der Waals surface area contributed by atoms with Crippen LogP contribution >= 0.6 is 0 Å². The predicted octanol–water partition coefficient (Wildman–Crippen LogP) is 3.63. The van der Waals surface area contributed by atoms with E-state index in [-0.39, 0.29) is 5.91 Å². The Morgan fingerprint density at radius 2 is 2.00 bits per heavy atom. The smallest absolute Gasteiger partial charge is 0.225 e. The highest BCUT2D eigenvalue weighted by Gasteiger charge is 2.11. The molecular formula is C19H25N3O. The third-order valence-corrected chi connectivity index (χ3v) is 3.75. The number of rotatable bonds is 7. The molecule has 0 bridgehead atoms. The first-order valence-electron chi connectivity index (χ1n) is 8.08. The number of para-hydroxylation sites is 1. The second-order valence-electron chi connectivity index (χ2n) is 5.99. The summed E-state index contributed by atoms with van der Waals surface area (Å²) in [6.45, 7) is 7.61. The van der Waals surface area contributed by atoms with Crippen molar-refractivity contribution in [2.75, 3.05) is 11.9 Å². The van der Waals surface area contributed by atoms with Crippen LogP contribution in [0.15, 0.2) is 42.6 Å². The van der Waals surface area contributed by atoms with E-state index in [1.54, 1.807) is 6.20 Å². The summed E-state index contributed by atoms with van der Waals surface area (Å²) < 4.78 is 0. The van der Waals surface area contributed by atoms with Gasteiger partial charge in [-0.2, -0.15) is 0 Å². The number of anilines is 1. The molecule has 2 rings (SSSR count). The molecule has 4 heteroatoms. The zero-order valence-corrected chi connectivity index (χ0v) is 14.1. The maximum Gasteiger partial charge on any atom is 0.225 e. The molecule has 0 aliphatic heterocycles. The van der Waals surface area contributed by atoms with Crippen molar-refractivity contribution in [3.05, 3.63) is 59.4 Å². The highest BCUT2D eigenvalue weighted by Crippen LogP contribution is 2.27. The summed E-state index contributed by atoms with van der Waals surface area (Å²) in [5, 5.41) is 6.31. The zero-order chi connectivity index (χ0) is 16.7. The fourth-order valence-corrected chi connectivity index (χ4v) is 2.47. The second-order valence-corrected chi connectivity index (χ2v) is 5.99. The molecule has 1 aromatic heterocycles. The highest BCUT2D eigenvalue weighted by molar-refractivity contribution is 5.92. The standard InChI is InChI=1S/C19H25N3O/c1-14(2)17-9-6-7-15(3)19(17)22-18(23)10-12-20-13-16-8-4-5-11-21-16/h4-9,11,14,20H,10,12-13H2,1-3H3,(H,22,23). The molecule has 23 heavy (non-hydrogen) atoms. The molecule has 0 radical (unpaired) electrons. The van der Waals surface area contributed by atoms with Crippen molar-refractivity contribution in [3.63, 3.8) is 0 Å². The summed E-state index contributed by atoms with van der Waals surface area (Å²) in [5.41, 5.74) is 4.22. The van der Waals surface area contributed by atoms with Gasteiger partial charge in [0.1, 0.15) is 0 Å². The molecule has 2 N–H and O–H groups in total. The number of hydrogen-bond donors (Lipinski definition) is 2. The monoisotopic (exact) mass is 311 g/mol. The van der Waals surface area contributed by atoms with Crippen molar-refractivity contribution in [1.82, 2.24) is 10.3 Å². The molecule has 122 valence electrons. The summed E-state index contributed by atoms with van der Waals surface area (Å²) in [6.07, 6.45) is 2.22. The number of nitrogens with zero attached hydrogens (tertiary/aromatic N) is 1. The van der Waals surface area contributed by atoms with E-state index in [9.17, 15) is 4.79 Å². The first kappa shape index (κ1) is 17.2. The Balaban J connectivity index is 1.83. The number of nitrogens with one attached hydrogen (secondary N) is 2. The van der Waals surface area contributed by atoms with E-state index in [4.69, 9.17) is 0 Å². The number of aromatic nitrogens is 1.